The predicted molar refractivity (Wildman–Crippen MR) is 58.8 cm³/mol. The summed E-state index contributed by atoms with van der Waals surface area (Å²) >= 11 is 0. The standard InChI is InChI=1S/C11H12N4O/c12-9(6-8-4-2-1-3-5-8)11(16)10-7-13-15-14-10/h1-5,7,9H,6,12H2,(H,13,14,15)/t9-/m0/s1. The highest BCUT2D eigenvalue weighted by Gasteiger charge is 2.18. The molecule has 0 bridgehead atoms. The number of hydrogen-bond donors (Lipinski definition) is 2. The monoisotopic (exact) mass is 216 g/mol. The van der Waals surface area contributed by atoms with Crippen LogP contribution in [0.2, 0.25) is 0 Å². The lowest BCUT2D eigenvalue weighted by Gasteiger charge is -2.08. The molecule has 0 unspecified atom stereocenters. The van der Waals surface area contributed by atoms with Crippen molar-refractivity contribution in [3.8, 4) is 0 Å². The third-order valence-corrected chi connectivity index (χ3v) is 2.30. The Hall–Kier alpha value is -2.01. The predicted octanol–water partition coefficient (Wildman–Crippen LogP) is 0.557. The van der Waals surface area contributed by atoms with Crippen LogP contribution in [0.15, 0.2) is 36.5 Å². The number of aromatic amines is 1. The third-order valence-electron chi connectivity index (χ3n) is 2.30. The number of rotatable bonds is 4. The van der Waals surface area contributed by atoms with Gasteiger partial charge in [0.2, 0.25) is 5.78 Å². The Kier molecular flexibility index (Phi) is 3.07. The Balaban J connectivity index is 2.04. The molecule has 0 spiro atoms. The van der Waals surface area contributed by atoms with Gasteiger partial charge >= 0.3 is 0 Å². The lowest BCUT2D eigenvalue weighted by molar-refractivity contribution is 0.0956. The number of nitrogens with zero attached hydrogens (tertiary/aromatic N) is 2. The highest BCUT2D eigenvalue weighted by atomic mass is 16.1. The number of nitrogens with two attached hydrogens (primary N) is 1. The maximum absolute atomic E-state index is 11.8. The van der Waals surface area contributed by atoms with Gasteiger partial charge in [-0.2, -0.15) is 15.4 Å². The molecule has 1 aromatic carbocycles. The number of H-pyrrole nitrogens is 1. The quantitative estimate of drug-likeness (QED) is 0.731. The lowest BCUT2D eigenvalue weighted by atomic mass is 10.0. The number of carbonyl (C=O) groups is 1. The van der Waals surface area contributed by atoms with E-state index >= 15 is 0 Å². The van der Waals surface area contributed by atoms with E-state index in [0.717, 1.165) is 5.56 Å². The summed E-state index contributed by atoms with van der Waals surface area (Å²) in [5.74, 6) is -0.197. The van der Waals surface area contributed by atoms with Crippen molar-refractivity contribution >= 4 is 5.78 Å². The van der Waals surface area contributed by atoms with E-state index in [1.165, 1.54) is 6.20 Å². The summed E-state index contributed by atoms with van der Waals surface area (Å²) in [5, 5.41) is 9.69. The second-order valence-electron chi connectivity index (χ2n) is 3.52. The Morgan fingerprint density at radius 3 is 2.75 bits per heavy atom. The van der Waals surface area contributed by atoms with Crippen molar-refractivity contribution < 1.29 is 4.79 Å². The molecule has 5 heteroatoms. The molecular weight excluding hydrogens is 204 g/mol. The van der Waals surface area contributed by atoms with E-state index in [1.807, 2.05) is 30.3 Å². The lowest BCUT2D eigenvalue weighted by Crippen LogP contribution is -2.33. The van der Waals surface area contributed by atoms with E-state index in [9.17, 15) is 4.79 Å². The van der Waals surface area contributed by atoms with E-state index < -0.39 is 6.04 Å². The molecule has 1 aromatic heterocycles. The first-order chi connectivity index (χ1) is 7.77. The topological polar surface area (TPSA) is 84.7 Å². The number of carbonyl (C=O) groups excluding carboxylic acids is 1. The van der Waals surface area contributed by atoms with Gasteiger partial charge in [-0.3, -0.25) is 4.79 Å². The SMILES string of the molecule is N[C@@H](Cc1ccccc1)C(=O)c1cn[nH]n1. The van der Waals surface area contributed by atoms with Crippen molar-refractivity contribution in [1.82, 2.24) is 15.4 Å². The Labute approximate surface area is 92.7 Å². The zero-order valence-electron chi connectivity index (χ0n) is 8.63. The molecule has 82 valence electrons. The normalized spacial score (nSPS) is 12.3. The molecule has 5 nitrogen and oxygen atoms in total. The van der Waals surface area contributed by atoms with Gasteiger partial charge in [0.05, 0.1) is 12.2 Å². The number of ketones is 1. The molecular formula is C11H12N4O. The molecule has 0 aliphatic rings. The number of hydrogen-bond acceptors (Lipinski definition) is 4. The van der Waals surface area contributed by atoms with Crippen LogP contribution in [0.1, 0.15) is 16.1 Å². The molecule has 0 aliphatic carbocycles. The minimum Gasteiger partial charge on any atom is -0.321 e. The molecule has 0 amide bonds. The molecule has 0 fully saturated rings. The van der Waals surface area contributed by atoms with Crippen molar-refractivity contribution in [1.29, 1.82) is 0 Å². The zero-order chi connectivity index (χ0) is 11.4. The second-order valence-corrected chi connectivity index (χ2v) is 3.52. The van der Waals surface area contributed by atoms with Crippen LogP contribution in [0.25, 0.3) is 0 Å². The fourth-order valence-electron chi connectivity index (χ4n) is 1.47. The molecule has 0 radical (unpaired) electrons. The van der Waals surface area contributed by atoms with E-state index in [1.54, 1.807) is 0 Å². The van der Waals surface area contributed by atoms with Gasteiger partial charge in [0.1, 0.15) is 5.69 Å². The maximum Gasteiger partial charge on any atom is 0.201 e. The van der Waals surface area contributed by atoms with Crippen LogP contribution in [-0.4, -0.2) is 27.2 Å². The van der Waals surface area contributed by atoms with Gasteiger partial charge in [-0.25, -0.2) is 0 Å². The van der Waals surface area contributed by atoms with Gasteiger partial charge in [-0.15, -0.1) is 0 Å². The number of Topliss-reactive ketones (excluding diaryl/α,β-unsaturated/α-hetero) is 1. The molecule has 2 rings (SSSR count). The average molecular weight is 216 g/mol. The Morgan fingerprint density at radius 1 is 1.38 bits per heavy atom. The molecule has 1 heterocycles. The molecule has 0 saturated carbocycles. The van der Waals surface area contributed by atoms with Crippen molar-refractivity contribution in [3.05, 3.63) is 47.8 Å². The molecule has 1 atom stereocenters. The fourth-order valence-corrected chi connectivity index (χ4v) is 1.47. The number of nitrogens with one attached hydrogen (secondary N) is 1. The van der Waals surface area contributed by atoms with Crippen molar-refractivity contribution in [2.75, 3.05) is 0 Å². The number of benzene rings is 1. The summed E-state index contributed by atoms with van der Waals surface area (Å²) in [6.07, 6.45) is 1.89. The molecule has 3 N–H and O–H groups in total. The summed E-state index contributed by atoms with van der Waals surface area (Å²) in [5.41, 5.74) is 7.12. The Morgan fingerprint density at radius 2 is 2.12 bits per heavy atom. The van der Waals surface area contributed by atoms with Gasteiger partial charge in [-0.05, 0) is 12.0 Å². The summed E-state index contributed by atoms with van der Waals surface area (Å²) in [6, 6.07) is 9.07. The van der Waals surface area contributed by atoms with Crippen molar-refractivity contribution in [2.24, 2.45) is 5.73 Å². The summed E-state index contributed by atoms with van der Waals surface area (Å²) in [7, 11) is 0. The smallest absolute Gasteiger partial charge is 0.201 e. The van der Waals surface area contributed by atoms with Gasteiger partial charge in [-0.1, -0.05) is 30.3 Å². The Bertz CT molecular complexity index is 452. The van der Waals surface area contributed by atoms with Crippen LogP contribution in [0.5, 0.6) is 0 Å². The largest absolute Gasteiger partial charge is 0.321 e. The molecule has 16 heavy (non-hydrogen) atoms. The van der Waals surface area contributed by atoms with Gasteiger partial charge in [0, 0.05) is 0 Å². The van der Waals surface area contributed by atoms with Gasteiger partial charge in [0.15, 0.2) is 0 Å². The first-order valence-corrected chi connectivity index (χ1v) is 4.97. The fraction of sp³-hybridized carbons (Fsp3) is 0.182. The van der Waals surface area contributed by atoms with Crippen LogP contribution < -0.4 is 5.73 Å². The molecule has 0 aliphatic heterocycles. The van der Waals surface area contributed by atoms with Crippen molar-refractivity contribution in [3.63, 3.8) is 0 Å². The van der Waals surface area contributed by atoms with E-state index in [4.69, 9.17) is 5.73 Å². The maximum atomic E-state index is 11.8. The average Bonchev–Trinajstić information content (AvgIpc) is 2.83. The summed E-state index contributed by atoms with van der Waals surface area (Å²) < 4.78 is 0. The second kappa shape index (κ2) is 4.67. The van der Waals surface area contributed by atoms with E-state index in [2.05, 4.69) is 15.4 Å². The van der Waals surface area contributed by atoms with Crippen molar-refractivity contribution in [2.45, 2.75) is 12.5 Å². The number of aromatic nitrogens is 3. The summed E-state index contributed by atoms with van der Waals surface area (Å²) in [6.45, 7) is 0. The highest BCUT2D eigenvalue weighted by Crippen LogP contribution is 2.05. The van der Waals surface area contributed by atoms with Crippen LogP contribution in [0.4, 0.5) is 0 Å². The van der Waals surface area contributed by atoms with Crippen LogP contribution >= 0.6 is 0 Å². The van der Waals surface area contributed by atoms with Crippen LogP contribution in [0.3, 0.4) is 0 Å². The van der Waals surface area contributed by atoms with Crippen LogP contribution in [-0.2, 0) is 6.42 Å². The zero-order valence-corrected chi connectivity index (χ0v) is 8.63. The first kappa shape index (κ1) is 10.5. The van der Waals surface area contributed by atoms with Gasteiger partial charge in [0.25, 0.3) is 0 Å². The highest BCUT2D eigenvalue weighted by molar-refractivity contribution is 5.98. The molecule has 2 aromatic rings. The van der Waals surface area contributed by atoms with Crippen LogP contribution in [0, 0.1) is 0 Å². The van der Waals surface area contributed by atoms with E-state index in [-0.39, 0.29) is 11.5 Å². The van der Waals surface area contributed by atoms with Gasteiger partial charge < -0.3 is 5.73 Å². The van der Waals surface area contributed by atoms with E-state index in [0.29, 0.717) is 6.42 Å². The minimum absolute atomic E-state index is 0.197. The summed E-state index contributed by atoms with van der Waals surface area (Å²) in [4.78, 5) is 11.8. The first-order valence-electron chi connectivity index (χ1n) is 4.97. The minimum atomic E-state index is -0.576. The molecule has 0 saturated heterocycles. The third kappa shape index (κ3) is 2.32.